The summed E-state index contributed by atoms with van der Waals surface area (Å²) in [5.74, 6) is -2.98. The van der Waals surface area contributed by atoms with Crippen molar-refractivity contribution in [3.05, 3.63) is 18.9 Å². The van der Waals surface area contributed by atoms with Gasteiger partial charge in [0.15, 0.2) is 0 Å². The first-order chi connectivity index (χ1) is 15.8. The van der Waals surface area contributed by atoms with Gasteiger partial charge in [0.1, 0.15) is 3.42 Å². The number of alkyl halides is 1. The van der Waals surface area contributed by atoms with Gasteiger partial charge in [-0.3, -0.25) is 14.4 Å². The molecule has 1 aliphatic carbocycles. The highest BCUT2D eigenvalue weighted by Gasteiger charge is 2.51. The average Bonchev–Trinajstić information content (AvgIpc) is 2.78. The maximum absolute atomic E-state index is 13.2. The summed E-state index contributed by atoms with van der Waals surface area (Å²) in [7, 11) is 0. The van der Waals surface area contributed by atoms with Crippen molar-refractivity contribution >= 4 is 85.5 Å². The van der Waals surface area contributed by atoms with Crippen LogP contribution in [0.3, 0.4) is 0 Å². The van der Waals surface area contributed by atoms with Crippen LogP contribution < -0.4 is 10.6 Å². The van der Waals surface area contributed by atoms with Crippen LogP contribution in [0, 0.1) is 5.92 Å². The van der Waals surface area contributed by atoms with Gasteiger partial charge in [-0.2, -0.15) is 0 Å². The molecule has 0 spiro atoms. The Morgan fingerprint density at radius 3 is 1.97 bits per heavy atom. The lowest BCUT2D eigenvalue weighted by molar-refractivity contribution is -0.131. The van der Waals surface area contributed by atoms with E-state index in [1.807, 2.05) is 45.2 Å². The van der Waals surface area contributed by atoms with Gasteiger partial charge < -0.3 is 46.2 Å². The van der Waals surface area contributed by atoms with Crippen LogP contribution in [-0.2, 0) is 14.4 Å². The Balaban J connectivity index is 3.53. The molecule has 0 fully saturated rings. The van der Waals surface area contributed by atoms with E-state index in [-0.39, 0.29) is 28.9 Å². The number of allylic oxidation sites excluding steroid dienone is 1. The van der Waals surface area contributed by atoms with E-state index in [9.17, 15) is 34.8 Å². The molecule has 0 saturated heterocycles. The molecule has 1 aliphatic rings. The SMILES string of the molecule is CC(=O)N(CC(O)CO)C1=C(I)C(C(=O)NCC(O)CO)C(I)(C(=O)NCC(O)CO)C=C1I. The van der Waals surface area contributed by atoms with Gasteiger partial charge in [-0.1, -0.05) is 22.6 Å². The van der Waals surface area contributed by atoms with E-state index in [4.69, 9.17) is 10.2 Å². The molecule has 0 heterocycles. The zero-order chi connectivity index (χ0) is 26.2. The van der Waals surface area contributed by atoms with Crippen molar-refractivity contribution < 1.29 is 45.0 Å². The Morgan fingerprint density at radius 1 is 1.00 bits per heavy atom. The van der Waals surface area contributed by atoms with E-state index in [0.717, 1.165) is 0 Å². The number of amides is 3. The van der Waals surface area contributed by atoms with Crippen LogP contribution in [0.4, 0.5) is 0 Å². The van der Waals surface area contributed by atoms with Gasteiger partial charge in [-0.15, -0.1) is 0 Å². The lowest BCUT2D eigenvalue weighted by atomic mass is 9.85. The second kappa shape index (κ2) is 14.5. The van der Waals surface area contributed by atoms with Gasteiger partial charge in [0.2, 0.25) is 17.7 Å². The maximum Gasteiger partial charge on any atom is 0.241 e. The van der Waals surface area contributed by atoms with Gasteiger partial charge in [0.25, 0.3) is 0 Å². The molecule has 34 heavy (non-hydrogen) atoms. The van der Waals surface area contributed by atoms with Crippen LogP contribution >= 0.6 is 67.8 Å². The molecule has 0 aromatic heterocycles. The molecule has 8 N–H and O–H groups in total. The minimum absolute atomic E-state index is 0.255. The van der Waals surface area contributed by atoms with Gasteiger partial charge in [-0.25, -0.2) is 0 Å². The number of aliphatic hydroxyl groups excluding tert-OH is 6. The highest BCUT2D eigenvalue weighted by atomic mass is 127. The summed E-state index contributed by atoms with van der Waals surface area (Å²) in [5, 5.41) is 61.5. The van der Waals surface area contributed by atoms with E-state index in [0.29, 0.717) is 3.58 Å². The molecule has 3 amide bonds. The van der Waals surface area contributed by atoms with Gasteiger partial charge in [-0.05, 0) is 51.3 Å². The molecule has 15 heteroatoms. The molecule has 194 valence electrons. The summed E-state index contributed by atoms with van der Waals surface area (Å²) in [4.78, 5) is 40.0. The molecule has 0 aliphatic heterocycles. The summed E-state index contributed by atoms with van der Waals surface area (Å²) in [6.07, 6.45) is -2.21. The molecule has 0 aromatic rings. The molecule has 12 nitrogen and oxygen atoms in total. The fourth-order valence-electron chi connectivity index (χ4n) is 2.97. The standard InChI is InChI=1S/C19H28I3N3O9/c1-9(29)25(5-12(32)8-28)16-13(20)2-19(22,18(34)24-4-11(31)7-27)14(15(16)21)17(33)23-3-10(30)6-26/h2,10-12,14,26-28,30-32H,3-8H2,1H3,(H,23,33)(H,24,34). The lowest BCUT2D eigenvalue weighted by Crippen LogP contribution is -2.55. The number of nitrogens with zero attached hydrogens (tertiary/aromatic N) is 1. The molecular weight excluding hydrogens is 795 g/mol. The zero-order valence-corrected chi connectivity index (χ0v) is 24.6. The van der Waals surface area contributed by atoms with E-state index >= 15 is 0 Å². The Bertz CT molecular complexity index is 826. The van der Waals surface area contributed by atoms with Gasteiger partial charge in [0, 0.05) is 27.2 Å². The van der Waals surface area contributed by atoms with Crippen LogP contribution in [0.2, 0.25) is 0 Å². The minimum atomic E-state index is -1.53. The third-order valence-corrected chi connectivity index (χ3v) is 8.14. The van der Waals surface area contributed by atoms with E-state index < -0.39 is 65.2 Å². The third-order valence-electron chi connectivity index (χ3n) is 4.76. The molecule has 0 bridgehead atoms. The van der Waals surface area contributed by atoms with Crippen LogP contribution in [-0.4, -0.2) is 114 Å². The summed E-state index contributed by atoms with van der Waals surface area (Å²) in [6.45, 7) is -1.31. The van der Waals surface area contributed by atoms with Crippen molar-refractivity contribution in [3.8, 4) is 0 Å². The predicted octanol–water partition coefficient (Wildman–Crippen LogP) is -2.10. The molecule has 0 radical (unpaired) electrons. The monoisotopic (exact) mass is 823 g/mol. The molecule has 1 rings (SSSR count). The van der Waals surface area contributed by atoms with Crippen LogP contribution in [0.25, 0.3) is 0 Å². The number of hydrogen-bond donors (Lipinski definition) is 8. The zero-order valence-electron chi connectivity index (χ0n) is 18.1. The topological polar surface area (TPSA) is 200 Å². The number of nitrogens with one attached hydrogen (secondary N) is 2. The molecule has 0 aromatic carbocycles. The predicted molar refractivity (Wildman–Crippen MR) is 146 cm³/mol. The Labute approximate surface area is 237 Å². The molecular formula is C19H28I3N3O9. The summed E-state index contributed by atoms with van der Waals surface area (Å²) in [5.41, 5.74) is 0.277. The van der Waals surface area contributed by atoms with Crippen molar-refractivity contribution in [2.45, 2.75) is 28.7 Å². The number of aliphatic hydroxyl groups is 6. The third kappa shape index (κ3) is 8.18. The number of hydrogen-bond acceptors (Lipinski definition) is 9. The first kappa shape index (κ1) is 31.9. The van der Waals surface area contributed by atoms with E-state index in [1.165, 1.54) is 17.9 Å². The number of carbonyl (C=O) groups is 3. The van der Waals surface area contributed by atoms with Gasteiger partial charge in [0.05, 0.1) is 56.3 Å². The van der Waals surface area contributed by atoms with Crippen LogP contribution in [0.15, 0.2) is 18.9 Å². The average molecular weight is 823 g/mol. The molecule has 0 saturated carbocycles. The first-order valence-corrected chi connectivity index (χ1v) is 13.3. The van der Waals surface area contributed by atoms with E-state index in [2.05, 4.69) is 10.6 Å². The largest absolute Gasteiger partial charge is 0.394 e. The van der Waals surface area contributed by atoms with Gasteiger partial charge >= 0.3 is 0 Å². The van der Waals surface area contributed by atoms with Crippen LogP contribution in [0.1, 0.15) is 6.92 Å². The highest BCUT2D eigenvalue weighted by molar-refractivity contribution is 14.1. The van der Waals surface area contributed by atoms with Crippen molar-refractivity contribution in [2.24, 2.45) is 5.92 Å². The quantitative estimate of drug-likeness (QED) is 0.0803. The Hall–Kier alpha value is -0.160. The van der Waals surface area contributed by atoms with Crippen molar-refractivity contribution in [3.63, 3.8) is 0 Å². The normalized spacial score (nSPS) is 23.0. The highest BCUT2D eigenvalue weighted by Crippen LogP contribution is 2.48. The minimum Gasteiger partial charge on any atom is -0.394 e. The Morgan fingerprint density at radius 2 is 1.50 bits per heavy atom. The molecule has 5 atom stereocenters. The summed E-state index contributed by atoms with van der Waals surface area (Å²) < 4.78 is -0.822. The number of rotatable bonds is 12. The van der Waals surface area contributed by atoms with Crippen LogP contribution in [0.5, 0.6) is 0 Å². The number of halogens is 3. The maximum atomic E-state index is 13.2. The van der Waals surface area contributed by atoms with E-state index in [1.54, 1.807) is 22.6 Å². The second-order valence-corrected chi connectivity index (χ2v) is 11.6. The number of carbonyl (C=O) groups excluding carboxylic acids is 3. The first-order valence-electron chi connectivity index (χ1n) is 10.0. The molecule has 5 unspecified atom stereocenters. The fourth-order valence-corrected chi connectivity index (χ4v) is 8.21. The second-order valence-electron chi connectivity index (χ2n) is 7.48. The van der Waals surface area contributed by atoms with Crippen molar-refractivity contribution in [1.29, 1.82) is 0 Å². The lowest BCUT2D eigenvalue weighted by Gasteiger charge is -2.39. The summed E-state index contributed by atoms with van der Waals surface area (Å²) >= 11 is 5.53. The Kier molecular flexibility index (Phi) is 13.6. The summed E-state index contributed by atoms with van der Waals surface area (Å²) in [6, 6.07) is 0. The van der Waals surface area contributed by atoms with Crippen molar-refractivity contribution in [1.82, 2.24) is 15.5 Å². The van der Waals surface area contributed by atoms with Crippen molar-refractivity contribution in [2.75, 3.05) is 39.5 Å². The fraction of sp³-hybridized carbons (Fsp3) is 0.632. The smallest absolute Gasteiger partial charge is 0.241 e.